The number of rotatable bonds is 8. The van der Waals surface area contributed by atoms with Crippen molar-refractivity contribution in [3.8, 4) is 0 Å². The molecule has 1 amide bonds. The van der Waals surface area contributed by atoms with E-state index in [2.05, 4.69) is 19.2 Å². The lowest BCUT2D eigenvalue weighted by Gasteiger charge is -2.32. The SMILES string of the molecule is CNCCC1CCN(C(=O)CCOCC(C)C)CC1. The zero-order valence-electron chi connectivity index (χ0n) is 12.8. The van der Waals surface area contributed by atoms with E-state index < -0.39 is 0 Å². The monoisotopic (exact) mass is 270 g/mol. The molecule has 0 bridgehead atoms. The lowest BCUT2D eigenvalue weighted by Crippen LogP contribution is -2.39. The molecule has 0 aromatic rings. The van der Waals surface area contributed by atoms with Crippen molar-refractivity contribution in [2.45, 2.75) is 39.5 Å². The van der Waals surface area contributed by atoms with Gasteiger partial charge >= 0.3 is 0 Å². The molecule has 0 spiro atoms. The van der Waals surface area contributed by atoms with Gasteiger partial charge in [-0.2, -0.15) is 0 Å². The van der Waals surface area contributed by atoms with Crippen molar-refractivity contribution in [1.82, 2.24) is 10.2 Å². The maximum atomic E-state index is 12.0. The highest BCUT2D eigenvalue weighted by atomic mass is 16.5. The van der Waals surface area contributed by atoms with Crippen LogP contribution in [-0.2, 0) is 9.53 Å². The Morgan fingerprint density at radius 2 is 2.05 bits per heavy atom. The third kappa shape index (κ3) is 6.92. The molecule has 19 heavy (non-hydrogen) atoms. The summed E-state index contributed by atoms with van der Waals surface area (Å²) in [6.07, 6.45) is 4.07. The van der Waals surface area contributed by atoms with E-state index in [0.29, 0.717) is 18.9 Å². The van der Waals surface area contributed by atoms with Crippen LogP contribution in [0.4, 0.5) is 0 Å². The number of carbonyl (C=O) groups excluding carboxylic acids is 1. The van der Waals surface area contributed by atoms with Gasteiger partial charge < -0.3 is 15.0 Å². The van der Waals surface area contributed by atoms with Crippen LogP contribution < -0.4 is 5.32 Å². The lowest BCUT2D eigenvalue weighted by atomic mass is 9.93. The minimum absolute atomic E-state index is 0.260. The van der Waals surface area contributed by atoms with Crippen LogP contribution in [0.1, 0.15) is 39.5 Å². The van der Waals surface area contributed by atoms with E-state index in [9.17, 15) is 4.79 Å². The Kier molecular flexibility index (Phi) is 8.07. The Hall–Kier alpha value is -0.610. The van der Waals surface area contributed by atoms with Crippen molar-refractivity contribution in [2.75, 3.05) is 39.9 Å². The molecule has 1 aliphatic rings. The van der Waals surface area contributed by atoms with Crippen LogP contribution >= 0.6 is 0 Å². The largest absolute Gasteiger partial charge is 0.381 e. The first kappa shape index (κ1) is 16.4. The number of hydrogen-bond donors (Lipinski definition) is 1. The molecule has 0 aromatic carbocycles. The summed E-state index contributed by atoms with van der Waals surface area (Å²) < 4.78 is 5.48. The number of nitrogens with one attached hydrogen (secondary N) is 1. The van der Waals surface area contributed by atoms with Gasteiger partial charge in [0.15, 0.2) is 0 Å². The van der Waals surface area contributed by atoms with E-state index in [-0.39, 0.29) is 5.91 Å². The fraction of sp³-hybridized carbons (Fsp3) is 0.933. The minimum atomic E-state index is 0.260. The third-order valence-corrected chi connectivity index (χ3v) is 3.68. The van der Waals surface area contributed by atoms with Crippen molar-refractivity contribution in [2.24, 2.45) is 11.8 Å². The van der Waals surface area contributed by atoms with Gasteiger partial charge in [0, 0.05) is 19.7 Å². The first-order valence-electron chi connectivity index (χ1n) is 7.63. The summed E-state index contributed by atoms with van der Waals surface area (Å²) >= 11 is 0. The van der Waals surface area contributed by atoms with Gasteiger partial charge in [-0.1, -0.05) is 13.8 Å². The molecule has 1 fully saturated rings. The zero-order chi connectivity index (χ0) is 14.1. The summed E-state index contributed by atoms with van der Waals surface area (Å²) in [4.78, 5) is 14.0. The number of piperidine rings is 1. The van der Waals surface area contributed by atoms with Gasteiger partial charge in [-0.05, 0) is 44.7 Å². The van der Waals surface area contributed by atoms with Gasteiger partial charge in [0.25, 0.3) is 0 Å². The predicted molar refractivity (Wildman–Crippen MR) is 78.1 cm³/mol. The molecule has 1 N–H and O–H groups in total. The van der Waals surface area contributed by atoms with Gasteiger partial charge in [-0.15, -0.1) is 0 Å². The van der Waals surface area contributed by atoms with Crippen LogP contribution in [0, 0.1) is 11.8 Å². The molecule has 4 nitrogen and oxygen atoms in total. The second-order valence-corrected chi connectivity index (χ2v) is 5.94. The molecule has 4 heteroatoms. The summed E-state index contributed by atoms with van der Waals surface area (Å²) in [6.45, 7) is 8.50. The van der Waals surface area contributed by atoms with E-state index in [1.54, 1.807) is 0 Å². The first-order chi connectivity index (χ1) is 9.13. The average molecular weight is 270 g/mol. The normalized spacial score (nSPS) is 17.2. The topological polar surface area (TPSA) is 41.6 Å². The van der Waals surface area contributed by atoms with Crippen LogP contribution in [0.2, 0.25) is 0 Å². The summed E-state index contributed by atoms with van der Waals surface area (Å²) in [5.41, 5.74) is 0. The third-order valence-electron chi connectivity index (χ3n) is 3.68. The Bertz CT molecular complexity index is 249. The Labute approximate surface area is 117 Å². The molecule has 0 aliphatic carbocycles. The molecule has 0 saturated carbocycles. The van der Waals surface area contributed by atoms with Crippen molar-refractivity contribution in [3.05, 3.63) is 0 Å². The summed E-state index contributed by atoms with van der Waals surface area (Å²) in [6, 6.07) is 0. The number of carbonyl (C=O) groups is 1. The highest BCUT2D eigenvalue weighted by Gasteiger charge is 2.21. The van der Waals surface area contributed by atoms with Crippen LogP contribution in [-0.4, -0.2) is 50.7 Å². The quantitative estimate of drug-likeness (QED) is 0.685. The molecular formula is C15H30N2O2. The highest BCUT2D eigenvalue weighted by molar-refractivity contribution is 5.76. The molecule has 112 valence electrons. The van der Waals surface area contributed by atoms with Crippen LogP contribution in [0.15, 0.2) is 0 Å². The molecule has 1 rings (SSSR count). The number of ether oxygens (including phenoxy) is 1. The number of nitrogens with zero attached hydrogens (tertiary/aromatic N) is 1. The van der Waals surface area contributed by atoms with Crippen molar-refractivity contribution in [1.29, 1.82) is 0 Å². The fourth-order valence-electron chi connectivity index (χ4n) is 2.46. The molecule has 0 aromatic heterocycles. The molecule has 1 heterocycles. The molecule has 0 unspecified atom stereocenters. The average Bonchev–Trinajstić information content (AvgIpc) is 2.41. The Morgan fingerprint density at radius 3 is 2.63 bits per heavy atom. The predicted octanol–water partition coefficient (Wildman–Crippen LogP) is 1.90. The number of likely N-dealkylation sites (tertiary alicyclic amines) is 1. The van der Waals surface area contributed by atoms with E-state index in [1.807, 2.05) is 11.9 Å². The van der Waals surface area contributed by atoms with E-state index in [4.69, 9.17) is 4.74 Å². The van der Waals surface area contributed by atoms with Gasteiger partial charge in [0.05, 0.1) is 13.0 Å². The van der Waals surface area contributed by atoms with Crippen molar-refractivity contribution in [3.63, 3.8) is 0 Å². The summed E-state index contributed by atoms with van der Waals surface area (Å²) in [7, 11) is 2.00. The molecule has 0 radical (unpaired) electrons. The lowest BCUT2D eigenvalue weighted by molar-refractivity contribution is -0.133. The van der Waals surface area contributed by atoms with E-state index in [1.165, 1.54) is 6.42 Å². The summed E-state index contributed by atoms with van der Waals surface area (Å²) in [5, 5.41) is 3.20. The number of hydrogen-bond acceptors (Lipinski definition) is 3. The maximum absolute atomic E-state index is 12.0. The second-order valence-electron chi connectivity index (χ2n) is 5.94. The Morgan fingerprint density at radius 1 is 1.37 bits per heavy atom. The molecule has 1 saturated heterocycles. The van der Waals surface area contributed by atoms with Crippen LogP contribution in [0.3, 0.4) is 0 Å². The maximum Gasteiger partial charge on any atom is 0.224 e. The number of amides is 1. The van der Waals surface area contributed by atoms with Gasteiger partial charge in [0.2, 0.25) is 5.91 Å². The van der Waals surface area contributed by atoms with Crippen LogP contribution in [0.25, 0.3) is 0 Å². The van der Waals surface area contributed by atoms with E-state index >= 15 is 0 Å². The second kappa shape index (κ2) is 9.32. The smallest absolute Gasteiger partial charge is 0.224 e. The molecular weight excluding hydrogens is 240 g/mol. The molecule has 1 aliphatic heterocycles. The fourth-order valence-corrected chi connectivity index (χ4v) is 2.46. The highest BCUT2D eigenvalue weighted by Crippen LogP contribution is 2.20. The summed E-state index contributed by atoms with van der Waals surface area (Å²) in [5.74, 6) is 1.59. The zero-order valence-corrected chi connectivity index (χ0v) is 12.8. The molecule has 0 atom stereocenters. The first-order valence-corrected chi connectivity index (χ1v) is 7.63. The van der Waals surface area contributed by atoms with Crippen molar-refractivity contribution >= 4 is 5.91 Å². The van der Waals surface area contributed by atoms with Crippen molar-refractivity contribution < 1.29 is 9.53 Å². The van der Waals surface area contributed by atoms with Crippen LogP contribution in [0.5, 0.6) is 0 Å². The Balaban J connectivity index is 2.11. The standard InChI is InChI=1S/C15H30N2O2/c1-13(2)12-19-11-7-15(18)17-9-5-14(6-10-17)4-8-16-3/h13-14,16H,4-12H2,1-3H3. The van der Waals surface area contributed by atoms with Gasteiger partial charge in [0.1, 0.15) is 0 Å². The minimum Gasteiger partial charge on any atom is -0.381 e. The van der Waals surface area contributed by atoms with Gasteiger partial charge in [-0.25, -0.2) is 0 Å². The van der Waals surface area contributed by atoms with E-state index in [0.717, 1.165) is 45.0 Å². The van der Waals surface area contributed by atoms with Gasteiger partial charge in [-0.3, -0.25) is 4.79 Å².